The number of hydrogen-bond acceptors (Lipinski definition) is 6. The van der Waals surface area contributed by atoms with Crippen molar-refractivity contribution in [2.45, 2.75) is 4.90 Å². The number of fused-ring (bicyclic) bond motifs is 1. The molecule has 2 aliphatic rings. The minimum absolute atomic E-state index is 1.20. The van der Waals surface area contributed by atoms with Gasteiger partial charge in [-0.3, -0.25) is 0 Å². The van der Waals surface area contributed by atoms with Gasteiger partial charge in [-0.1, -0.05) is 60.3 Å². The van der Waals surface area contributed by atoms with Crippen molar-refractivity contribution >= 4 is 34.8 Å². The molecule has 0 saturated heterocycles. The van der Waals surface area contributed by atoms with Gasteiger partial charge in [0, 0.05) is 41.7 Å². The molecule has 37 heavy (non-hydrogen) atoms. The molecule has 0 amide bonds. The summed E-state index contributed by atoms with van der Waals surface area (Å²) >= 11 is 1.82. The Morgan fingerprint density at radius 2 is 1.43 bits per heavy atom. The highest BCUT2D eigenvalue weighted by Crippen LogP contribution is 2.40. The molecule has 8 heteroatoms. The molecular formula is C29H29ClN2O4S. The number of nitrogens with zero attached hydrogens (tertiary/aromatic N) is 2. The topological polar surface area (TPSA) is 98.5 Å². The standard InChI is InChI=1S/C29H29N2S.ClHO4/c1-30(2)25-16-10-22(11-17-25)9-15-24-21-27(32-29-8-6-5-7-28(24)29)20-14-23-12-18-26(19-13-23)31(3)4;2-1(3,4)5/h5-21H,1-4H3;(H,2,3,4,5)/q+1;/p-1. The third-order valence-corrected chi connectivity index (χ3v) is 6.50. The van der Waals surface area contributed by atoms with Crippen LogP contribution < -0.4 is 23.5 Å². The van der Waals surface area contributed by atoms with Crippen molar-refractivity contribution in [1.82, 2.24) is 0 Å². The second kappa shape index (κ2) is 12.9. The van der Waals surface area contributed by atoms with E-state index in [4.69, 9.17) is 18.6 Å². The first-order valence-electron chi connectivity index (χ1n) is 11.4. The number of anilines is 1. The Hall–Kier alpha value is -3.17. The molecular weight excluding hydrogens is 508 g/mol. The summed E-state index contributed by atoms with van der Waals surface area (Å²) < 4.78 is 36.1. The molecule has 0 spiro atoms. The molecule has 4 rings (SSSR count). The van der Waals surface area contributed by atoms with Crippen LogP contribution in [0.1, 0.15) is 11.1 Å². The van der Waals surface area contributed by atoms with Crippen LogP contribution in [0, 0.1) is 10.2 Å². The summed E-state index contributed by atoms with van der Waals surface area (Å²) in [6.45, 7) is 0. The van der Waals surface area contributed by atoms with Crippen LogP contribution in [0.25, 0.3) is 11.6 Å². The normalized spacial score (nSPS) is 15.8. The molecule has 6 nitrogen and oxygen atoms in total. The van der Waals surface area contributed by atoms with Crippen LogP contribution in [0.15, 0.2) is 113 Å². The lowest BCUT2D eigenvalue weighted by atomic mass is 10.0. The fraction of sp³-hybridized carbons (Fsp3) is 0.138. The average Bonchev–Trinajstić information content (AvgIpc) is 2.85. The highest BCUT2D eigenvalue weighted by molar-refractivity contribution is 8.03. The molecule has 1 heterocycles. The molecule has 0 atom stereocenters. The van der Waals surface area contributed by atoms with Crippen molar-refractivity contribution in [3.8, 4) is 0 Å². The number of benzene rings is 2. The number of allylic oxidation sites excluding steroid dienone is 10. The lowest BCUT2D eigenvalue weighted by Gasteiger charge is -2.17. The molecule has 0 fully saturated rings. The summed E-state index contributed by atoms with van der Waals surface area (Å²) in [5.74, 6) is 0. The van der Waals surface area contributed by atoms with Crippen LogP contribution in [0.2, 0.25) is 0 Å². The molecule has 192 valence electrons. The molecule has 0 unspecified atom stereocenters. The number of hydrogen-bond donors (Lipinski definition) is 0. The van der Waals surface area contributed by atoms with Crippen molar-refractivity contribution in [2.75, 3.05) is 33.1 Å². The molecule has 2 aromatic rings. The molecule has 1 aliphatic carbocycles. The van der Waals surface area contributed by atoms with E-state index >= 15 is 0 Å². The van der Waals surface area contributed by atoms with Gasteiger partial charge in [0.1, 0.15) is 14.1 Å². The fourth-order valence-electron chi connectivity index (χ4n) is 3.53. The lowest BCUT2D eigenvalue weighted by Crippen LogP contribution is -2.68. The first-order chi connectivity index (χ1) is 17.5. The van der Waals surface area contributed by atoms with Crippen molar-refractivity contribution < 1.29 is 33.5 Å². The van der Waals surface area contributed by atoms with Crippen LogP contribution in [-0.2, 0) is 0 Å². The minimum Gasteiger partial charge on any atom is -0.378 e. The molecule has 0 saturated carbocycles. The maximum Gasteiger partial charge on any atom is 0.199 e. The van der Waals surface area contributed by atoms with Gasteiger partial charge < -0.3 is 4.90 Å². The van der Waals surface area contributed by atoms with Crippen molar-refractivity contribution in [3.05, 3.63) is 119 Å². The van der Waals surface area contributed by atoms with Gasteiger partial charge in [-0.05, 0) is 64.8 Å². The van der Waals surface area contributed by atoms with E-state index in [1.807, 2.05) is 11.8 Å². The first kappa shape index (κ1) is 28.4. The maximum atomic E-state index is 8.49. The van der Waals surface area contributed by atoms with Crippen LogP contribution in [0.3, 0.4) is 0 Å². The largest absolute Gasteiger partial charge is 0.378 e. The molecule has 0 N–H and O–H groups in total. The Bertz CT molecular complexity index is 1300. The van der Waals surface area contributed by atoms with Gasteiger partial charge in [-0.2, -0.15) is 0 Å². The Kier molecular flexibility index (Phi) is 9.88. The third-order valence-electron chi connectivity index (χ3n) is 5.44. The first-order valence-corrected chi connectivity index (χ1v) is 13.4. The number of thioether (sulfide) groups is 1. The van der Waals surface area contributed by atoms with E-state index in [0.29, 0.717) is 0 Å². The monoisotopic (exact) mass is 536 g/mol. The van der Waals surface area contributed by atoms with Gasteiger partial charge >= 0.3 is 0 Å². The van der Waals surface area contributed by atoms with E-state index < -0.39 is 10.2 Å². The predicted octanol–water partition coefficient (Wildman–Crippen LogP) is 1.85. The van der Waals surface area contributed by atoms with E-state index in [9.17, 15) is 0 Å². The van der Waals surface area contributed by atoms with Crippen LogP contribution in [0.4, 0.5) is 5.69 Å². The summed E-state index contributed by atoms with van der Waals surface area (Å²) in [6.07, 6.45) is 19.7. The van der Waals surface area contributed by atoms with Crippen LogP contribution in [0.5, 0.6) is 0 Å². The van der Waals surface area contributed by atoms with E-state index in [-0.39, 0.29) is 0 Å². The van der Waals surface area contributed by atoms with Gasteiger partial charge in [0.05, 0.1) is 0 Å². The predicted molar refractivity (Wildman–Crippen MR) is 142 cm³/mol. The van der Waals surface area contributed by atoms with E-state index in [1.165, 1.54) is 43.5 Å². The van der Waals surface area contributed by atoms with E-state index in [1.54, 1.807) is 0 Å². The quantitative estimate of drug-likeness (QED) is 0.553. The summed E-state index contributed by atoms with van der Waals surface area (Å²) in [4.78, 5) is 4.65. The van der Waals surface area contributed by atoms with Gasteiger partial charge in [-0.15, -0.1) is 10.2 Å². The van der Waals surface area contributed by atoms with Crippen LogP contribution >= 0.6 is 11.8 Å². The zero-order valence-electron chi connectivity index (χ0n) is 21.1. The van der Waals surface area contributed by atoms with Gasteiger partial charge in [0.2, 0.25) is 0 Å². The average molecular weight is 537 g/mol. The molecule has 0 bridgehead atoms. The van der Waals surface area contributed by atoms with Crippen molar-refractivity contribution in [1.29, 1.82) is 0 Å². The number of halogens is 1. The molecule has 0 radical (unpaired) electrons. The second-order valence-electron chi connectivity index (χ2n) is 8.62. The fourth-order valence-corrected chi connectivity index (χ4v) is 4.55. The minimum atomic E-state index is -4.94. The van der Waals surface area contributed by atoms with Crippen molar-refractivity contribution in [3.63, 3.8) is 0 Å². The van der Waals surface area contributed by atoms with E-state index in [2.05, 4.69) is 141 Å². The zero-order chi connectivity index (χ0) is 27.0. The van der Waals surface area contributed by atoms with Gasteiger partial charge in [0.25, 0.3) is 0 Å². The van der Waals surface area contributed by atoms with E-state index in [0.717, 1.165) is 0 Å². The molecule has 0 aromatic heterocycles. The summed E-state index contributed by atoms with van der Waals surface area (Å²) in [5, 5.41) is 0. The SMILES string of the molecule is CN(C)c1ccc(C=CC2=CC(=CC=C3C=CC(=[N+](C)C)C=C3)Sc3ccccc32)cc1.[O-][Cl+3]([O-])([O-])[O-]. The molecule has 2 aromatic carbocycles. The summed E-state index contributed by atoms with van der Waals surface area (Å²) in [7, 11) is 3.31. The van der Waals surface area contributed by atoms with Gasteiger partial charge in [0.15, 0.2) is 5.71 Å². The smallest absolute Gasteiger partial charge is 0.199 e. The maximum absolute atomic E-state index is 8.49. The third kappa shape index (κ3) is 9.33. The van der Waals surface area contributed by atoms with Crippen LogP contribution in [-0.4, -0.2) is 38.5 Å². The lowest BCUT2D eigenvalue weighted by molar-refractivity contribution is -2.00. The Morgan fingerprint density at radius 1 is 0.811 bits per heavy atom. The summed E-state index contributed by atoms with van der Waals surface area (Å²) in [6, 6.07) is 17.3. The Labute approximate surface area is 224 Å². The van der Waals surface area contributed by atoms with Gasteiger partial charge in [-0.25, -0.2) is 23.2 Å². The second-order valence-corrected chi connectivity index (χ2v) is 10.5. The Balaban J connectivity index is 0.000000695. The zero-order valence-corrected chi connectivity index (χ0v) is 22.7. The van der Waals surface area contributed by atoms with Crippen molar-refractivity contribution in [2.24, 2.45) is 0 Å². The molecule has 1 aliphatic heterocycles. The summed E-state index contributed by atoms with van der Waals surface area (Å²) in [5.41, 5.74) is 7.34. The number of rotatable bonds is 4. The highest BCUT2D eigenvalue weighted by atomic mass is 35.7. The highest BCUT2D eigenvalue weighted by Gasteiger charge is 2.13. The Morgan fingerprint density at radius 3 is 2.03 bits per heavy atom.